The molecule has 0 spiro atoms. The Morgan fingerprint density at radius 2 is 2.00 bits per heavy atom. The molecule has 1 atom stereocenters. The number of rotatable bonds is 1. The highest BCUT2D eigenvalue weighted by molar-refractivity contribution is 5.53. The lowest BCUT2D eigenvalue weighted by molar-refractivity contribution is 0.294. The van der Waals surface area contributed by atoms with Gasteiger partial charge in [0.1, 0.15) is 5.75 Å². The Hall–Kier alpha value is -1.94. The molecule has 2 aromatic carbocycles. The minimum atomic E-state index is -0.797. The molecule has 2 nitrogen and oxygen atoms in total. The Kier molecular flexibility index (Phi) is 3.15. The van der Waals surface area contributed by atoms with Gasteiger partial charge in [-0.15, -0.1) is 0 Å². The third-order valence-corrected chi connectivity index (χ3v) is 4.64. The molecular weight excluding hydrogens is 284 g/mol. The molecule has 0 radical (unpaired) electrons. The standard InChI is InChI=1S/C18H17F2NO/c1-21-9-12-3-5-17-13(6-7-22-17)18(12)14(10-21)11-2-4-15(19)16(20)8-11/h2-5,8,14H,6-7,9-10H2,1H3. The van der Waals surface area contributed by atoms with Gasteiger partial charge in [-0.1, -0.05) is 12.1 Å². The Labute approximate surface area is 128 Å². The van der Waals surface area contributed by atoms with Gasteiger partial charge in [-0.2, -0.15) is 0 Å². The van der Waals surface area contributed by atoms with Crippen LogP contribution in [-0.2, 0) is 13.0 Å². The molecule has 114 valence electrons. The molecule has 2 heterocycles. The van der Waals surface area contributed by atoms with Crippen LogP contribution in [0.4, 0.5) is 8.78 Å². The van der Waals surface area contributed by atoms with Crippen molar-refractivity contribution < 1.29 is 13.5 Å². The Morgan fingerprint density at radius 1 is 1.14 bits per heavy atom. The minimum Gasteiger partial charge on any atom is -0.493 e. The summed E-state index contributed by atoms with van der Waals surface area (Å²) in [5, 5.41) is 0. The van der Waals surface area contributed by atoms with E-state index in [1.807, 2.05) is 6.07 Å². The van der Waals surface area contributed by atoms with E-state index in [1.165, 1.54) is 28.8 Å². The predicted octanol–water partition coefficient (Wildman–Crippen LogP) is 3.48. The fourth-order valence-corrected chi connectivity index (χ4v) is 3.68. The number of fused-ring (bicyclic) bond motifs is 3. The number of halogens is 2. The maximum Gasteiger partial charge on any atom is 0.159 e. The Bertz CT molecular complexity index is 744. The summed E-state index contributed by atoms with van der Waals surface area (Å²) in [5.41, 5.74) is 4.57. The number of nitrogens with zero attached hydrogens (tertiary/aromatic N) is 1. The van der Waals surface area contributed by atoms with Crippen molar-refractivity contribution in [2.24, 2.45) is 0 Å². The van der Waals surface area contributed by atoms with E-state index in [1.54, 1.807) is 6.07 Å². The van der Waals surface area contributed by atoms with Gasteiger partial charge in [-0.05, 0) is 41.9 Å². The van der Waals surface area contributed by atoms with Crippen LogP contribution < -0.4 is 4.74 Å². The van der Waals surface area contributed by atoms with Crippen LogP contribution in [0.25, 0.3) is 0 Å². The average molecular weight is 301 g/mol. The highest BCUT2D eigenvalue weighted by Gasteiger charge is 2.31. The Balaban J connectivity index is 1.88. The molecule has 1 unspecified atom stereocenters. The van der Waals surface area contributed by atoms with Gasteiger partial charge in [0.25, 0.3) is 0 Å². The average Bonchev–Trinajstić information content (AvgIpc) is 2.97. The van der Waals surface area contributed by atoms with Crippen LogP contribution in [0.5, 0.6) is 5.75 Å². The molecule has 2 aliphatic rings. The monoisotopic (exact) mass is 301 g/mol. The molecule has 0 aromatic heterocycles. The highest BCUT2D eigenvalue weighted by Crippen LogP contribution is 2.41. The quantitative estimate of drug-likeness (QED) is 0.799. The number of hydrogen-bond donors (Lipinski definition) is 0. The first kappa shape index (κ1) is 13.7. The van der Waals surface area contributed by atoms with Gasteiger partial charge in [0.05, 0.1) is 6.61 Å². The van der Waals surface area contributed by atoms with E-state index in [4.69, 9.17) is 4.74 Å². The zero-order valence-electron chi connectivity index (χ0n) is 12.4. The maximum atomic E-state index is 13.7. The summed E-state index contributed by atoms with van der Waals surface area (Å²) in [6, 6.07) is 8.38. The van der Waals surface area contributed by atoms with Crippen LogP contribution in [0.15, 0.2) is 30.3 Å². The van der Waals surface area contributed by atoms with Gasteiger partial charge >= 0.3 is 0 Å². The van der Waals surface area contributed by atoms with Crippen molar-refractivity contribution in [3.63, 3.8) is 0 Å². The van der Waals surface area contributed by atoms with E-state index >= 15 is 0 Å². The first-order valence-electron chi connectivity index (χ1n) is 7.54. The second kappa shape index (κ2) is 5.06. The SMILES string of the molecule is CN1Cc2ccc3c(c2C(c2ccc(F)c(F)c2)C1)CCO3. The summed E-state index contributed by atoms with van der Waals surface area (Å²) < 4.78 is 32.6. The van der Waals surface area contributed by atoms with Gasteiger partial charge in [0, 0.05) is 31.0 Å². The normalized spacial score (nSPS) is 20.4. The highest BCUT2D eigenvalue weighted by atomic mass is 19.2. The first-order chi connectivity index (χ1) is 10.6. The van der Waals surface area contributed by atoms with Crippen molar-refractivity contribution in [1.29, 1.82) is 0 Å². The van der Waals surface area contributed by atoms with E-state index in [0.29, 0.717) is 6.61 Å². The number of ether oxygens (including phenoxy) is 1. The van der Waals surface area contributed by atoms with Gasteiger partial charge in [0.2, 0.25) is 0 Å². The van der Waals surface area contributed by atoms with Gasteiger partial charge in [-0.3, -0.25) is 0 Å². The van der Waals surface area contributed by atoms with Crippen LogP contribution >= 0.6 is 0 Å². The van der Waals surface area contributed by atoms with Crippen molar-refractivity contribution in [2.45, 2.75) is 18.9 Å². The molecule has 4 rings (SSSR count). The molecule has 22 heavy (non-hydrogen) atoms. The largest absolute Gasteiger partial charge is 0.493 e. The van der Waals surface area contributed by atoms with E-state index < -0.39 is 11.6 Å². The third kappa shape index (κ3) is 2.10. The molecule has 4 heteroatoms. The molecule has 0 aliphatic carbocycles. The molecule has 2 aliphatic heterocycles. The molecule has 0 amide bonds. The van der Waals surface area contributed by atoms with Crippen molar-refractivity contribution in [2.75, 3.05) is 20.2 Å². The molecule has 0 saturated heterocycles. The molecule has 0 bridgehead atoms. The van der Waals surface area contributed by atoms with Crippen LogP contribution in [0.2, 0.25) is 0 Å². The molecule has 0 fully saturated rings. The van der Waals surface area contributed by atoms with E-state index in [-0.39, 0.29) is 5.92 Å². The zero-order valence-corrected chi connectivity index (χ0v) is 12.4. The second-order valence-corrected chi connectivity index (χ2v) is 6.14. The predicted molar refractivity (Wildman–Crippen MR) is 80.2 cm³/mol. The lowest BCUT2D eigenvalue weighted by atomic mass is 9.81. The molecule has 2 aromatic rings. The summed E-state index contributed by atoms with van der Waals surface area (Å²) >= 11 is 0. The fourth-order valence-electron chi connectivity index (χ4n) is 3.68. The van der Waals surface area contributed by atoms with Crippen molar-refractivity contribution >= 4 is 0 Å². The molecule has 0 saturated carbocycles. The number of hydrogen-bond acceptors (Lipinski definition) is 2. The van der Waals surface area contributed by atoms with Gasteiger partial charge in [0.15, 0.2) is 11.6 Å². The number of likely N-dealkylation sites (N-methyl/N-ethyl adjacent to an activating group) is 1. The Morgan fingerprint density at radius 3 is 2.82 bits per heavy atom. The van der Waals surface area contributed by atoms with Crippen molar-refractivity contribution in [3.05, 3.63) is 64.2 Å². The van der Waals surface area contributed by atoms with Crippen molar-refractivity contribution in [1.82, 2.24) is 4.90 Å². The summed E-state index contributed by atoms with van der Waals surface area (Å²) in [6.45, 7) is 2.38. The molecular formula is C18H17F2NO. The second-order valence-electron chi connectivity index (χ2n) is 6.14. The first-order valence-corrected chi connectivity index (χ1v) is 7.54. The number of benzene rings is 2. The maximum absolute atomic E-state index is 13.7. The lowest BCUT2D eigenvalue weighted by Gasteiger charge is -2.34. The van der Waals surface area contributed by atoms with Crippen molar-refractivity contribution in [3.8, 4) is 5.75 Å². The fraction of sp³-hybridized carbons (Fsp3) is 0.333. The van der Waals surface area contributed by atoms with Gasteiger partial charge < -0.3 is 9.64 Å². The third-order valence-electron chi connectivity index (χ3n) is 4.64. The smallest absolute Gasteiger partial charge is 0.159 e. The summed E-state index contributed by atoms with van der Waals surface area (Å²) in [4.78, 5) is 2.22. The van der Waals surface area contributed by atoms with Crippen LogP contribution in [0, 0.1) is 11.6 Å². The summed E-state index contributed by atoms with van der Waals surface area (Å²) in [7, 11) is 2.06. The minimum absolute atomic E-state index is 0.0560. The van der Waals surface area contributed by atoms with Gasteiger partial charge in [-0.25, -0.2) is 8.78 Å². The lowest BCUT2D eigenvalue weighted by Crippen LogP contribution is -2.31. The molecule has 0 N–H and O–H groups in total. The van der Waals surface area contributed by atoms with Crippen LogP contribution in [0.3, 0.4) is 0 Å². The van der Waals surface area contributed by atoms with E-state index in [0.717, 1.165) is 30.8 Å². The van der Waals surface area contributed by atoms with Crippen LogP contribution in [0.1, 0.15) is 28.2 Å². The summed E-state index contributed by atoms with van der Waals surface area (Å²) in [6.07, 6.45) is 0.891. The zero-order chi connectivity index (χ0) is 15.3. The van der Waals surface area contributed by atoms with E-state index in [9.17, 15) is 8.78 Å². The van der Waals surface area contributed by atoms with E-state index in [2.05, 4.69) is 18.0 Å². The summed E-state index contributed by atoms with van der Waals surface area (Å²) in [5.74, 6) is -0.581. The van der Waals surface area contributed by atoms with Crippen LogP contribution in [-0.4, -0.2) is 25.1 Å². The topological polar surface area (TPSA) is 12.5 Å².